The predicted molar refractivity (Wildman–Crippen MR) is 143 cm³/mol. The second-order valence-corrected chi connectivity index (χ2v) is 10.1. The molecule has 2 aliphatic rings. The maximum Gasteiger partial charge on any atom is 0.253 e. The summed E-state index contributed by atoms with van der Waals surface area (Å²) in [5.74, 6) is -0.157. The zero-order valence-corrected chi connectivity index (χ0v) is 21.2. The predicted octanol–water partition coefficient (Wildman–Crippen LogP) is 5.28. The SMILES string of the molecule is CN(C(=O)c1ccc2c(c1)[C@H](NC(=O)c1ccccc1Cl)CCC2)C1CCN(c2ccncc2)CC1. The summed E-state index contributed by atoms with van der Waals surface area (Å²) in [5, 5.41) is 3.59. The van der Waals surface area contributed by atoms with Gasteiger partial charge in [0.1, 0.15) is 0 Å². The van der Waals surface area contributed by atoms with Gasteiger partial charge in [-0.05, 0) is 79.6 Å². The highest BCUT2D eigenvalue weighted by molar-refractivity contribution is 6.33. The number of carbonyl (C=O) groups is 2. The van der Waals surface area contributed by atoms with Gasteiger partial charge in [-0.1, -0.05) is 29.8 Å². The van der Waals surface area contributed by atoms with Gasteiger partial charge in [0, 0.05) is 49.8 Å². The van der Waals surface area contributed by atoms with Gasteiger partial charge in [0.25, 0.3) is 11.8 Å². The molecule has 6 nitrogen and oxygen atoms in total. The average Bonchev–Trinajstić information content (AvgIpc) is 2.93. The normalized spacial score (nSPS) is 17.8. The third kappa shape index (κ3) is 5.09. The van der Waals surface area contributed by atoms with Crippen molar-refractivity contribution in [2.45, 2.75) is 44.2 Å². The van der Waals surface area contributed by atoms with E-state index in [1.807, 2.05) is 60.7 Å². The number of halogens is 1. The maximum absolute atomic E-state index is 13.5. The number of anilines is 1. The lowest BCUT2D eigenvalue weighted by molar-refractivity contribution is 0.0709. The molecule has 2 aromatic carbocycles. The molecule has 1 aliphatic carbocycles. The lowest BCUT2D eigenvalue weighted by Crippen LogP contribution is -2.45. The second kappa shape index (κ2) is 10.7. The van der Waals surface area contributed by atoms with Crippen molar-refractivity contribution >= 4 is 29.1 Å². The minimum atomic E-state index is -0.187. The Morgan fingerprint density at radius 3 is 2.53 bits per heavy atom. The molecule has 186 valence electrons. The zero-order valence-electron chi connectivity index (χ0n) is 20.5. The number of nitrogens with zero attached hydrogens (tertiary/aromatic N) is 3. The van der Waals surface area contributed by atoms with Crippen molar-refractivity contribution in [3.05, 3.63) is 94.3 Å². The quantitative estimate of drug-likeness (QED) is 0.515. The maximum atomic E-state index is 13.5. The molecule has 1 atom stereocenters. The molecule has 1 aliphatic heterocycles. The average molecular weight is 503 g/mol. The van der Waals surface area contributed by atoms with Crippen molar-refractivity contribution in [1.82, 2.24) is 15.2 Å². The zero-order chi connectivity index (χ0) is 25.1. The summed E-state index contributed by atoms with van der Waals surface area (Å²) >= 11 is 6.24. The van der Waals surface area contributed by atoms with E-state index in [1.54, 1.807) is 12.1 Å². The second-order valence-electron chi connectivity index (χ2n) is 9.65. The van der Waals surface area contributed by atoms with Gasteiger partial charge in [-0.3, -0.25) is 14.6 Å². The Balaban J connectivity index is 1.28. The van der Waals surface area contributed by atoms with Crippen LogP contribution in [-0.2, 0) is 6.42 Å². The fraction of sp³-hybridized carbons (Fsp3) is 0.345. The number of carbonyl (C=O) groups excluding carboxylic acids is 2. The Kier molecular flexibility index (Phi) is 7.23. The Morgan fingerprint density at radius 2 is 1.78 bits per heavy atom. The number of aromatic nitrogens is 1. The lowest BCUT2D eigenvalue weighted by Gasteiger charge is -2.38. The van der Waals surface area contributed by atoms with E-state index < -0.39 is 0 Å². The van der Waals surface area contributed by atoms with Crippen LogP contribution in [-0.4, -0.2) is 47.9 Å². The van der Waals surface area contributed by atoms with Gasteiger partial charge >= 0.3 is 0 Å². The van der Waals surface area contributed by atoms with Crippen LogP contribution in [0.25, 0.3) is 0 Å². The number of hydrogen-bond acceptors (Lipinski definition) is 4. The third-order valence-electron chi connectivity index (χ3n) is 7.49. The molecule has 2 heterocycles. The first-order valence-corrected chi connectivity index (χ1v) is 13.0. The highest BCUT2D eigenvalue weighted by Gasteiger charge is 2.28. The minimum absolute atomic E-state index is 0.0296. The van der Waals surface area contributed by atoms with Crippen molar-refractivity contribution in [3.8, 4) is 0 Å². The van der Waals surface area contributed by atoms with E-state index in [1.165, 1.54) is 11.3 Å². The molecule has 0 bridgehead atoms. The van der Waals surface area contributed by atoms with Gasteiger partial charge in [0.15, 0.2) is 0 Å². The van der Waals surface area contributed by atoms with Crippen LogP contribution in [0.5, 0.6) is 0 Å². The molecule has 1 aromatic heterocycles. The van der Waals surface area contributed by atoms with Crippen LogP contribution in [0.3, 0.4) is 0 Å². The number of piperidine rings is 1. The minimum Gasteiger partial charge on any atom is -0.371 e. The van der Waals surface area contributed by atoms with E-state index in [0.29, 0.717) is 16.1 Å². The molecule has 1 saturated heterocycles. The molecule has 0 spiro atoms. The van der Waals surface area contributed by atoms with Crippen LogP contribution in [0.2, 0.25) is 5.02 Å². The number of nitrogens with one attached hydrogen (secondary N) is 1. The number of aryl methyl sites for hydroxylation is 1. The van der Waals surface area contributed by atoms with Gasteiger partial charge in [-0.2, -0.15) is 0 Å². The highest BCUT2D eigenvalue weighted by atomic mass is 35.5. The first-order valence-electron chi connectivity index (χ1n) is 12.6. The molecule has 0 saturated carbocycles. The number of amides is 2. The Morgan fingerprint density at radius 1 is 1.03 bits per heavy atom. The molecule has 2 amide bonds. The highest BCUT2D eigenvalue weighted by Crippen LogP contribution is 2.32. The smallest absolute Gasteiger partial charge is 0.253 e. The number of benzene rings is 2. The van der Waals surface area contributed by atoms with E-state index in [2.05, 4.69) is 21.3 Å². The van der Waals surface area contributed by atoms with Gasteiger partial charge in [0.05, 0.1) is 16.6 Å². The van der Waals surface area contributed by atoms with Crippen molar-refractivity contribution in [3.63, 3.8) is 0 Å². The monoisotopic (exact) mass is 502 g/mol. The standard InChI is InChI=1S/C29H31ClN4O2/c1-33(22-13-17-34(18-14-22)23-11-15-31-16-12-23)29(36)21-10-9-20-5-4-8-27(25(20)19-21)32-28(35)24-6-2-3-7-26(24)30/h2-3,6-7,9-12,15-16,19,22,27H,4-5,8,13-14,17-18H2,1H3,(H,32,35)/t27-/m1/s1. The Hall–Kier alpha value is -3.38. The largest absolute Gasteiger partial charge is 0.371 e. The number of hydrogen-bond donors (Lipinski definition) is 1. The molecule has 5 rings (SSSR count). The molecule has 0 unspecified atom stereocenters. The van der Waals surface area contributed by atoms with Crippen molar-refractivity contribution in [2.24, 2.45) is 0 Å². The van der Waals surface area contributed by atoms with Crippen LogP contribution >= 0.6 is 11.6 Å². The summed E-state index contributed by atoms with van der Waals surface area (Å²) in [4.78, 5) is 34.7. The lowest BCUT2D eigenvalue weighted by atomic mass is 9.86. The van der Waals surface area contributed by atoms with Crippen LogP contribution in [0.1, 0.15) is 63.6 Å². The topological polar surface area (TPSA) is 65.5 Å². The van der Waals surface area contributed by atoms with Gasteiger partial charge in [-0.15, -0.1) is 0 Å². The fourth-order valence-electron chi connectivity index (χ4n) is 5.40. The van der Waals surface area contributed by atoms with Crippen LogP contribution < -0.4 is 10.2 Å². The van der Waals surface area contributed by atoms with Crippen LogP contribution in [0.15, 0.2) is 67.0 Å². The molecule has 0 radical (unpaired) electrons. The molecule has 1 fully saturated rings. The molecule has 7 heteroatoms. The van der Waals surface area contributed by atoms with Gasteiger partial charge < -0.3 is 15.1 Å². The number of rotatable bonds is 5. The molecule has 1 N–H and O–H groups in total. The molecular weight excluding hydrogens is 472 g/mol. The summed E-state index contributed by atoms with van der Waals surface area (Å²) in [5.41, 5.74) is 4.55. The number of fused-ring (bicyclic) bond motifs is 1. The fourth-order valence-corrected chi connectivity index (χ4v) is 5.62. The molecular formula is C29H31ClN4O2. The summed E-state index contributed by atoms with van der Waals surface area (Å²) in [6.45, 7) is 1.82. The van der Waals surface area contributed by atoms with Crippen molar-refractivity contribution in [1.29, 1.82) is 0 Å². The van der Waals surface area contributed by atoms with E-state index in [-0.39, 0.29) is 23.9 Å². The Labute approximate surface area is 217 Å². The Bertz CT molecular complexity index is 1240. The van der Waals surface area contributed by atoms with E-state index in [0.717, 1.165) is 50.8 Å². The van der Waals surface area contributed by atoms with Crippen molar-refractivity contribution < 1.29 is 9.59 Å². The summed E-state index contributed by atoms with van der Waals surface area (Å²) in [6.07, 6.45) is 8.26. The van der Waals surface area contributed by atoms with Gasteiger partial charge in [0.2, 0.25) is 0 Å². The van der Waals surface area contributed by atoms with Gasteiger partial charge in [-0.25, -0.2) is 0 Å². The first kappa shape index (κ1) is 24.3. The molecule has 36 heavy (non-hydrogen) atoms. The summed E-state index contributed by atoms with van der Waals surface area (Å²) in [7, 11) is 1.91. The number of pyridine rings is 1. The van der Waals surface area contributed by atoms with Crippen LogP contribution in [0, 0.1) is 0 Å². The van der Waals surface area contributed by atoms with Crippen molar-refractivity contribution in [2.75, 3.05) is 25.0 Å². The molecule has 3 aromatic rings. The van der Waals surface area contributed by atoms with E-state index in [4.69, 9.17) is 11.6 Å². The first-order chi connectivity index (χ1) is 17.5. The van der Waals surface area contributed by atoms with Crippen LogP contribution in [0.4, 0.5) is 5.69 Å². The third-order valence-corrected chi connectivity index (χ3v) is 7.82. The summed E-state index contributed by atoms with van der Waals surface area (Å²) < 4.78 is 0. The van der Waals surface area contributed by atoms with E-state index in [9.17, 15) is 9.59 Å². The van der Waals surface area contributed by atoms with E-state index >= 15 is 0 Å². The summed E-state index contributed by atoms with van der Waals surface area (Å²) in [6, 6.07) is 17.2.